The van der Waals surface area contributed by atoms with E-state index >= 15 is 0 Å². The lowest BCUT2D eigenvalue weighted by molar-refractivity contribution is -0.138. The molecule has 3 rings (SSSR count). The van der Waals surface area contributed by atoms with Crippen LogP contribution in [0.5, 0.6) is 0 Å². The van der Waals surface area contributed by atoms with E-state index in [4.69, 9.17) is 0 Å². The maximum atomic E-state index is 12.3. The molecule has 23 heavy (non-hydrogen) atoms. The normalized spacial score (nSPS) is 18.4. The van der Waals surface area contributed by atoms with Crippen LogP contribution in [-0.4, -0.2) is 44.1 Å². The second-order valence-electron chi connectivity index (χ2n) is 7.22. The van der Waals surface area contributed by atoms with E-state index in [0.29, 0.717) is 5.92 Å². The lowest BCUT2D eigenvalue weighted by Crippen LogP contribution is -2.38. The van der Waals surface area contributed by atoms with Gasteiger partial charge < -0.3 is 4.90 Å². The zero-order chi connectivity index (χ0) is 16.4. The Morgan fingerprint density at radius 2 is 2.17 bits per heavy atom. The smallest absolute Gasteiger partial charge is 0.227 e. The summed E-state index contributed by atoms with van der Waals surface area (Å²) in [6, 6.07) is 1.87. The molecule has 1 atom stereocenters. The summed E-state index contributed by atoms with van der Waals surface area (Å²) >= 11 is 0. The zero-order valence-electron chi connectivity index (χ0n) is 13.9. The molecule has 1 amide bonds. The molecule has 1 fully saturated rings. The van der Waals surface area contributed by atoms with Gasteiger partial charge in [0.1, 0.15) is 5.69 Å². The van der Waals surface area contributed by atoms with Gasteiger partial charge in [-0.2, -0.15) is 5.10 Å². The van der Waals surface area contributed by atoms with Gasteiger partial charge in [-0.3, -0.25) is 19.9 Å². The van der Waals surface area contributed by atoms with Crippen molar-refractivity contribution in [2.24, 2.45) is 11.3 Å². The van der Waals surface area contributed by atoms with E-state index in [1.165, 1.54) is 0 Å². The van der Waals surface area contributed by atoms with Crippen molar-refractivity contribution in [1.82, 2.24) is 25.1 Å². The van der Waals surface area contributed by atoms with E-state index < -0.39 is 0 Å². The highest BCUT2D eigenvalue weighted by molar-refractivity contribution is 5.81. The lowest BCUT2D eigenvalue weighted by atomic mass is 9.95. The van der Waals surface area contributed by atoms with Crippen LogP contribution in [0.3, 0.4) is 0 Å². The van der Waals surface area contributed by atoms with Crippen LogP contribution in [0.4, 0.5) is 0 Å². The fourth-order valence-electron chi connectivity index (χ4n) is 2.95. The Labute approximate surface area is 136 Å². The Kier molecular flexibility index (Phi) is 4.15. The highest BCUT2D eigenvalue weighted by Gasteiger charge is 2.32. The number of carbonyl (C=O) groups is 1. The molecule has 6 nitrogen and oxygen atoms in total. The minimum atomic E-state index is -0.305. The molecule has 0 bridgehead atoms. The highest BCUT2D eigenvalue weighted by atomic mass is 16.2. The largest absolute Gasteiger partial charge is 0.342 e. The van der Waals surface area contributed by atoms with Gasteiger partial charge in [0.15, 0.2) is 0 Å². The van der Waals surface area contributed by atoms with Gasteiger partial charge in [0.2, 0.25) is 5.91 Å². The van der Waals surface area contributed by atoms with E-state index in [0.717, 1.165) is 43.0 Å². The average molecular weight is 313 g/mol. The molecule has 3 heterocycles. The first-order valence-corrected chi connectivity index (χ1v) is 8.03. The van der Waals surface area contributed by atoms with Crippen LogP contribution in [0.15, 0.2) is 24.7 Å². The lowest BCUT2D eigenvalue weighted by Gasteiger charge is -2.25. The molecule has 0 aliphatic carbocycles. The first kappa shape index (κ1) is 15.6. The number of amides is 1. The predicted octanol–water partition coefficient (Wildman–Crippen LogP) is 2.30. The second-order valence-corrected chi connectivity index (χ2v) is 7.22. The number of aromatic nitrogens is 4. The molecule has 1 aliphatic rings. The van der Waals surface area contributed by atoms with Gasteiger partial charge in [-0.15, -0.1) is 0 Å². The van der Waals surface area contributed by atoms with Crippen molar-refractivity contribution < 1.29 is 4.79 Å². The average Bonchev–Trinajstić information content (AvgIpc) is 3.17. The molecule has 122 valence electrons. The van der Waals surface area contributed by atoms with E-state index in [1.807, 2.05) is 37.9 Å². The van der Waals surface area contributed by atoms with Gasteiger partial charge in [0, 0.05) is 30.9 Å². The first-order valence-electron chi connectivity index (χ1n) is 8.03. The van der Waals surface area contributed by atoms with Gasteiger partial charge in [0.25, 0.3) is 0 Å². The highest BCUT2D eigenvalue weighted by Crippen LogP contribution is 2.25. The molecule has 0 aromatic carbocycles. The number of rotatable bonds is 3. The number of hydrogen-bond donors (Lipinski definition) is 1. The third kappa shape index (κ3) is 3.57. The van der Waals surface area contributed by atoms with Gasteiger partial charge in [-0.05, 0) is 24.8 Å². The van der Waals surface area contributed by atoms with E-state index in [1.54, 1.807) is 12.4 Å². The van der Waals surface area contributed by atoms with Gasteiger partial charge in [0.05, 0.1) is 17.6 Å². The molecule has 2 aromatic rings. The quantitative estimate of drug-likeness (QED) is 0.943. The Morgan fingerprint density at radius 3 is 2.78 bits per heavy atom. The summed E-state index contributed by atoms with van der Waals surface area (Å²) in [4.78, 5) is 23.3. The monoisotopic (exact) mass is 313 g/mol. The summed E-state index contributed by atoms with van der Waals surface area (Å²) in [5.41, 5.74) is 2.33. The van der Waals surface area contributed by atoms with Crippen molar-refractivity contribution >= 4 is 5.91 Å². The van der Waals surface area contributed by atoms with Crippen LogP contribution in [0.1, 0.15) is 32.9 Å². The van der Waals surface area contributed by atoms with E-state index in [2.05, 4.69) is 20.2 Å². The standard InChI is InChI=1S/C17H23N5O/c1-17(2,3)16(23)22-7-5-12(11-22)8-13-9-19-15(10-18-13)14-4-6-20-21-14/h4,6,9-10,12H,5,7-8,11H2,1-3H3,(H,20,21). The molecule has 1 aliphatic heterocycles. The topological polar surface area (TPSA) is 74.8 Å². The van der Waals surface area contributed by atoms with Gasteiger partial charge >= 0.3 is 0 Å². The van der Waals surface area contributed by atoms with Crippen LogP contribution < -0.4 is 0 Å². The molecular weight excluding hydrogens is 290 g/mol. The van der Waals surface area contributed by atoms with Crippen molar-refractivity contribution in [2.45, 2.75) is 33.6 Å². The predicted molar refractivity (Wildman–Crippen MR) is 87.5 cm³/mol. The summed E-state index contributed by atoms with van der Waals surface area (Å²) in [5, 5.41) is 6.80. The number of aromatic amines is 1. The summed E-state index contributed by atoms with van der Waals surface area (Å²) in [5.74, 6) is 0.703. The van der Waals surface area contributed by atoms with Crippen LogP contribution in [-0.2, 0) is 11.2 Å². The Hall–Kier alpha value is -2.24. The minimum Gasteiger partial charge on any atom is -0.342 e. The summed E-state index contributed by atoms with van der Waals surface area (Å²) in [6.45, 7) is 7.59. The number of hydrogen-bond acceptors (Lipinski definition) is 4. The fourth-order valence-corrected chi connectivity index (χ4v) is 2.95. The second kappa shape index (κ2) is 6.10. The SMILES string of the molecule is CC(C)(C)C(=O)N1CCC(Cc2cnc(-c3ccn[nH]3)cn2)C1. The number of likely N-dealkylation sites (tertiary alicyclic amines) is 1. The Morgan fingerprint density at radius 1 is 1.35 bits per heavy atom. The molecule has 0 spiro atoms. The third-order valence-electron chi connectivity index (χ3n) is 4.19. The van der Waals surface area contributed by atoms with Crippen LogP contribution in [0.25, 0.3) is 11.4 Å². The zero-order valence-corrected chi connectivity index (χ0v) is 13.9. The van der Waals surface area contributed by atoms with Crippen molar-refractivity contribution in [3.05, 3.63) is 30.4 Å². The van der Waals surface area contributed by atoms with Crippen LogP contribution >= 0.6 is 0 Å². The molecular formula is C17H23N5O. The van der Waals surface area contributed by atoms with Crippen molar-refractivity contribution in [1.29, 1.82) is 0 Å². The van der Waals surface area contributed by atoms with E-state index in [-0.39, 0.29) is 11.3 Å². The molecule has 1 N–H and O–H groups in total. The number of nitrogens with one attached hydrogen (secondary N) is 1. The van der Waals surface area contributed by atoms with Gasteiger partial charge in [-0.1, -0.05) is 20.8 Å². The Bertz CT molecular complexity index is 657. The maximum Gasteiger partial charge on any atom is 0.227 e. The molecule has 1 saturated heterocycles. The maximum absolute atomic E-state index is 12.3. The third-order valence-corrected chi connectivity index (χ3v) is 4.19. The summed E-state index contributed by atoms with van der Waals surface area (Å²) < 4.78 is 0. The van der Waals surface area contributed by atoms with Gasteiger partial charge in [-0.25, -0.2) is 0 Å². The van der Waals surface area contributed by atoms with Crippen molar-refractivity contribution in [3.8, 4) is 11.4 Å². The molecule has 6 heteroatoms. The summed E-state index contributed by atoms with van der Waals surface area (Å²) in [7, 11) is 0. The first-order chi connectivity index (χ1) is 10.9. The molecule has 0 radical (unpaired) electrons. The van der Waals surface area contributed by atoms with Crippen molar-refractivity contribution in [3.63, 3.8) is 0 Å². The number of carbonyl (C=O) groups excluding carboxylic acids is 1. The fraction of sp³-hybridized carbons (Fsp3) is 0.529. The number of H-pyrrole nitrogens is 1. The molecule has 2 aromatic heterocycles. The number of nitrogens with zero attached hydrogens (tertiary/aromatic N) is 4. The minimum absolute atomic E-state index is 0.237. The summed E-state index contributed by atoms with van der Waals surface area (Å²) in [6.07, 6.45) is 7.19. The molecule has 0 saturated carbocycles. The van der Waals surface area contributed by atoms with Crippen LogP contribution in [0, 0.1) is 11.3 Å². The van der Waals surface area contributed by atoms with Crippen molar-refractivity contribution in [2.75, 3.05) is 13.1 Å². The molecule has 1 unspecified atom stereocenters. The van der Waals surface area contributed by atoms with E-state index in [9.17, 15) is 4.79 Å². The Balaban J connectivity index is 1.59. The van der Waals surface area contributed by atoms with Crippen LogP contribution in [0.2, 0.25) is 0 Å².